The van der Waals surface area contributed by atoms with Crippen LogP contribution in [0.4, 0.5) is 5.82 Å². The first-order valence-corrected chi connectivity index (χ1v) is 7.17. The van der Waals surface area contributed by atoms with E-state index in [4.69, 9.17) is 45.1 Å². The molecule has 3 aromatic rings. The van der Waals surface area contributed by atoms with Gasteiger partial charge < -0.3 is 10.3 Å². The molecule has 1 heterocycles. The Balaban J connectivity index is 2.28. The summed E-state index contributed by atoms with van der Waals surface area (Å²) in [6.07, 6.45) is 0. The number of nitrogens with zero attached hydrogens (tertiary/aromatic N) is 1. The Morgan fingerprint density at radius 1 is 0.857 bits per heavy atom. The van der Waals surface area contributed by atoms with Crippen LogP contribution in [0.1, 0.15) is 0 Å². The van der Waals surface area contributed by atoms with Crippen molar-refractivity contribution in [3.8, 4) is 22.5 Å². The summed E-state index contributed by atoms with van der Waals surface area (Å²) in [5.41, 5.74) is 7.87. The number of nitrogen functional groups attached to an aromatic ring is 1. The van der Waals surface area contributed by atoms with Crippen LogP contribution in [0.3, 0.4) is 0 Å². The van der Waals surface area contributed by atoms with Gasteiger partial charge in [0.1, 0.15) is 0 Å². The Morgan fingerprint density at radius 3 is 2.29 bits per heavy atom. The fraction of sp³-hybridized carbons (Fsp3) is 0. The van der Waals surface area contributed by atoms with Crippen molar-refractivity contribution >= 4 is 40.6 Å². The summed E-state index contributed by atoms with van der Waals surface area (Å²) < 4.78 is 5.35. The molecule has 0 aliphatic heterocycles. The van der Waals surface area contributed by atoms with E-state index in [1.165, 1.54) is 0 Å². The standard InChI is InChI=1S/C15H9Cl3N2O/c16-10-6-2-1-4-8(10)12-14(21-20-15(12)19)9-5-3-7-11(17)13(9)18/h1-7H,(H2,19,20). The normalized spacial score (nSPS) is 10.8. The summed E-state index contributed by atoms with van der Waals surface area (Å²) in [7, 11) is 0. The highest BCUT2D eigenvalue weighted by Gasteiger charge is 2.22. The second kappa shape index (κ2) is 5.60. The van der Waals surface area contributed by atoms with Crippen molar-refractivity contribution in [2.75, 3.05) is 5.73 Å². The van der Waals surface area contributed by atoms with E-state index < -0.39 is 0 Å². The van der Waals surface area contributed by atoms with Gasteiger partial charge in [-0.1, -0.05) is 64.2 Å². The van der Waals surface area contributed by atoms with Crippen LogP contribution in [0.5, 0.6) is 0 Å². The van der Waals surface area contributed by atoms with E-state index in [1.807, 2.05) is 18.2 Å². The molecule has 0 radical (unpaired) electrons. The molecule has 0 fully saturated rings. The lowest BCUT2D eigenvalue weighted by molar-refractivity contribution is 0.436. The Labute approximate surface area is 136 Å². The van der Waals surface area contributed by atoms with Crippen molar-refractivity contribution in [1.29, 1.82) is 0 Å². The third-order valence-electron chi connectivity index (χ3n) is 3.06. The molecule has 0 unspecified atom stereocenters. The van der Waals surface area contributed by atoms with Crippen LogP contribution in [-0.2, 0) is 0 Å². The SMILES string of the molecule is Nc1noc(-c2cccc(Cl)c2Cl)c1-c1ccccc1Cl. The first-order valence-electron chi connectivity index (χ1n) is 6.04. The molecular formula is C15H9Cl3N2O. The summed E-state index contributed by atoms with van der Waals surface area (Å²) in [6, 6.07) is 12.6. The number of aromatic nitrogens is 1. The van der Waals surface area contributed by atoms with Crippen molar-refractivity contribution in [2.24, 2.45) is 0 Å². The van der Waals surface area contributed by atoms with Crippen molar-refractivity contribution in [3.05, 3.63) is 57.5 Å². The minimum Gasteiger partial charge on any atom is -0.380 e. The van der Waals surface area contributed by atoms with Gasteiger partial charge in [-0.15, -0.1) is 0 Å². The molecular weight excluding hydrogens is 331 g/mol. The van der Waals surface area contributed by atoms with Gasteiger partial charge in [-0.25, -0.2) is 0 Å². The molecule has 0 amide bonds. The maximum atomic E-state index is 6.24. The Hall–Kier alpha value is -1.68. The number of hydrogen-bond acceptors (Lipinski definition) is 3. The smallest absolute Gasteiger partial charge is 0.178 e. The summed E-state index contributed by atoms with van der Waals surface area (Å²) in [6.45, 7) is 0. The molecule has 2 N–H and O–H groups in total. The second-order valence-electron chi connectivity index (χ2n) is 4.35. The van der Waals surface area contributed by atoms with Gasteiger partial charge in [-0.3, -0.25) is 0 Å². The molecule has 1 aromatic heterocycles. The molecule has 2 aromatic carbocycles. The minimum absolute atomic E-state index is 0.245. The molecule has 0 saturated heterocycles. The van der Waals surface area contributed by atoms with Crippen molar-refractivity contribution < 1.29 is 4.52 Å². The maximum Gasteiger partial charge on any atom is 0.178 e. The second-order valence-corrected chi connectivity index (χ2v) is 5.55. The number of benzene rings is 2. The zero-order valence-corrected chi connectivity index (χ0v) is 12.9. The quantitative estimate of drug-likeness (QED) is 0.666. The molecule has 0 aliphatic carbocycles. The molecule has 0 saturated carbocycles. The molecule has 0 atom stereocenters. The summed E-state index contributed by atoms with van der Waals surface area (Å²) in [5, 5.41) is 5.18. The van der Waals surface area contributed by atoms with E-state index in [1.54, 1.807) is 24.3 Å². The zero-order chi connectivity index (χ0) is 15.0. The van der Waals surface area contributed by atoms with E-state index >= 15 is 0 Å². The van der Waals surface area contributed by atoms with Crippen LogP contribution in [-0.4, -0.2) is 5.16 Å². The number of hydrogen-bond donors (Lipinski definition) is 1. The average molecular weight is 340 g/mol. The van der Waals surface area contributed by atoms with E-state index in [0.717, 1.165) is 5.56 Å². The first kappa shape index (κ1) is 14.3. The van der Waals surface area contributed by atoms with Gasteiger partial charge in [-0.05, 0) is 18.2 Å². The van der Waals surface area contributed by atoms with Crippen molar-refractivity contribution in [2.45, 2.75) is 0 Å². The van der Waals surface area contributed by atoms with Crippen LogP contribution in [0.25, 0.3) is 22.5 Å². The highest BCUT2D eigenvalue weighted by molar-refractivity contribution is 6.43. The van der Waals surface area contributed by atoms with Crippen LogP contribution in [0.15, 0.2) is 47.0 Å². The minimum atomic E-state index is 0.245. The number of nitrogens with two attached hydrogens (primary N) is 1. The lowest BCUT2D eigenvalue weighted by Crippen LogP contribution is -1.90. The molecule has 106 valence electrons. The highest BCUT2D eigenvalue weighted by Crippen LogP contribution is 2.43. The summed E-state index contributed by atoms with van der Waals surface area (Å²) >= 11 is 18.5. The monoisotopic (exact) mass is 338 g/mol. The molecule has 3 rings (SSSR count). The van der Waals surface area contributed by atoms with Gasteiger partial charge in [0, 0.05) is 16.1 Å². The Kier molecular flexibility index (Phi) is 3.81. The predicted molar refractivity (Wildman–Crippen MR) is 86.8 cm³/mol. The fourth-order valence-corrected chi connectivity index (χ4v) is 2.71. The third kappa shape index (κ3) is 2.48. The van der Waals surface area contributed by atoms with Crippen LogP contribution >= 0.6 is 34.8 Å². The van der Waals surface area contributed by atoms with Crippen molar-refractivity contribution in [1.82, 2.24) is 5.16 Å². The highest BCUT2D eigenvalue weighted by atomic mass is 35.5. The van der Waals surface area contributed by atoms with Gasteiger partial charge in [0.05, 0.1) is 15.6 Å². The van der Waals surface area contributed by atoms with Gasteiger partial charge in [0.15, 0.2) is 11.6 Å². The molecule has 21 heavy (non-hydrogen) atoms. The molecule has 0 aliphatic rings. The van der Waals surface area contributed by atoms with Gasteiger partial charge in [0.2, 0.25) is 0 Å². The maximum absolute atomic E-state index is 6.24. The molecule has 3 nitrogen and oxygen atoms in total. The van der Waals surface area contributed by atoms with E-state index in [2.05, 4.69) is 5.16 Å². The lowest BCUT2D eigenvalue weighted by atomic mass is 10.0. The zero-order valence-electron chi connectivity index (χ0n) is 10.6. The van der Waals surface area contributed by atoms with E-state index in [9.17, 15) is 0 Å². The Morgan fingerprint density at radius 2 is 1.52 bits per heavy atom. The van der Waals surface area contributed by atoms with Gasteiger partial charge >= 0.3 is 0 Å². The fourth-order valence-electron chi connectivity index (χ4n) is 2.09. The largest absolute Gasteiger partial charge is 0.380 e. The third-order valence-corrected chi connectivity index (χ3v) is 4.21. The van der Waals surface area contributed by atoms with E-state index in [0.29, 0.717) is 32.0 Å². The van der Waals surface area contributed by atoms with Crippen LogP contribution in [0, 0.1) is 0 Å². The lowest BCUT2D eigenvalue weighted by Gasteiger charge is -2.07. The molecule has 6 heteroatoms. The van der Waals surface area contributed by atoms with E-state index in [-0.39, 0.29) is 5.82 Å². The molecule has 0 spiro atoms. The van der Waals surface area contributed by atoms with Crippen LogP contribution in [0.2, 0.25) is 15.1 Å². The Bertz CT molecular complexity index is 814. The molecule has 0 bridgehead atoms. The number of halogens is 3. The average Bonchev–Trinajstić information content (AvgIpc) is 2.84. The van der Waals surface area contributed by atoms with Crippen LogP contribution < -0.4 is 5.73 Å². The summed E-state index contributed by atoms with van der Waals surface area (Å²) in [5.74, 6) is 0.683. The van der Waals surface area contributed by atoms with Gasteiger partial charge in [0.25, 0.3) is 0 Å². The van der Waals surface area contributed by atoms with Gasteiger partial charge in [-0.2, -0.15) is 0 Å². The topological polar surface area (TPSA) is 52.0 Å². The number of rotatable bonds is 2. The summed E-state index contributed by atoms with van der Waals surface area (Å²) in [4.78, 5) is 0. The van der Waals surface area contributed by atoms with Crippen molar-refractivity contribution in [3.63, 3.8) is 0 Å². The number of anilines is 1. The first-order chi connectivity index (χ1) is 10.1. The predicted octanol–water partition coefficient (Wildman–Crippen LogP) is 5.55.